The molecule has 0 rings (SSSR count). The van der Waals surface area contributed by atoms with Gasteiger partial charge >= 0.3 is 8.80 Å². The number of hydrogen-bond donors (Lipinski definition) is 0. The fourth-order valence-corrected chi connectivity index (χ4v) is 2.66. The Hall–Kier alpha value is -0.393. The predicted octanol–water partition coefficient (Wildman–Crippen LogP) is 1.19. The minimum absolute atomic E-state index is 0.355. The van der Waals surface area contributed by atoms with E-state index >= 15 is 0 Å². The Morgan fingerprint density at radius 3 is 1.92 bits per heavy atom. The summed E-state index contributed by atoms with van der Waals surface area (Å²) >= 11 is 0. The maximum Gasteiger partial charge on any atom is 0.564 e. The van der Waals surface area contributed by atoms with Gasteiger partial charge in [-0.25, -0.2) is 0 Å². The summed E-state index contributed by atoms with van der Waals surface area (Å²) in [6.07, 6.45) is 0. The molecule has 72 valence electrons. The fraction of sp³-hybridized carbons (Fsp3) is 0.857. The predicted molar refractivity (Wildman–Crippen MR) is 46.6 cm³/mol. The lowest BCUT2D eigenvalue weighted by atomic mass is 10.9. The normalized spacial score (nSPS) is 11.3. The molecule has 0 aromatic rings. The van der Waals surface area contributed by atoms with E-state index in [1.165, 1.54) is 6.92 Å². The molecule has 4 nitrogen and oxygen atoms in total. The molecule has 0 unspecified atom stereocenters. The van der Waals surface area contributed by atoms with Gasteiger partial charge in [-0.1, -0.05) is 0 Å². The largest absolute Gasteiger partial charge is 0.564 e. The third kappa shape index (κ3) is 4.48. The van der Waals surface area contributed by atoms with E-state index in [9.17, 15) is 4.79 Å². The first-order valence-corrected chi connectivity index (χ1v) is 6.24. The third-order valence-electron chi connectivity index (χ3n) is 1.14. The van der Waals surface area contributed by atoms with Crippen LogP contribution in [0.3, 0.4) is 0 Å². The van der Waals surface area contributed by atoms with Crippen molar-refractivity contribution in [1.29, 1.82) is 0 Å². The summed E-state index contributed by atoms with van der Waals surface area (Å²) in [5.41, 5.74) is 0. The molecule has 0 bridgehead atoms. The maximum absolute atomic E-state index is 10.7. The zero-order valence-electron chi connectivity index (χ0n) is 8.05. The summed E-state index contributed by atoms with van der Waals surface area (Å²) in [5, 5.41) is 0. The van der Waals surface area contributed by atoms with Gasteiger partial charge in [-0.3, -0.25) is 4.79 Å². The molecule has 0 radical (unpaired) electrons. The van der Waals surface area contributed by atoms with Crippen LogP contribution in [0.2, 0.25) is 6.55 Å². The molecular weight excluding hydrogens is 176 g/mol. The Labute approximate surface area is 74.2 Å². The molecule has 0 saturated heterocycles. The molecule has 0 saturated carbocycles. The lowest BCUT2D eigenvalue weighted by molar-refractivity contribution is -0.136. The van der Waals surface area contributed by atoms with E-state index in [1.807, 2.05) is 13.8 Å². The summed E-state index contributed by atoms with van der Waals surface area (Å²) in [4.78, 5) is 10.7. The van der Waals surface area contributed by atoms with Crippen LogP contribution < -0.4 is 0 Å². The Balaban J connectivity index is 4.07. The first kappa shape index (κ1) is 11.6. The molecule has 0 N–H and O–H groups in total. The lowest BCUT2D eigenvalue weighted by Gasteiger charge is -2.23. The van der Waals surface area contributed by atoms with Gasteiger partial charge in [-0.15, -0.1) is 0 Å². The molecule has 12 heavy (non-hydrogen) atoms. The van der Waals surface area contributed by atoms with Crippen LogP contribution in [0.15, 0.2) is 0 Å². The van der Waals surface area contributed by atoms with E-state index in [-0.39, 0.29) is 5.97 Å². The minimum Gasteiger partial charge on any atom is -0.474 e. The molecule has 0 aliphatic heterocycles. The summed E-state index contributed by atoms with van der Waals surface area (Å²) in [7, 11) is -2.66. The third-order valence-corrected chi connectivity index (χ3v) is 3.43. The van der Waals surface area contributed by atoms with Crippen LogP contribution in [-0.4, -0.2) is 28.0 Å². The van der Waals surface area contributed by atoms with Gasteiger partial charge in [0.05, 0.1) is 0 Å². The minimum atomic E-state index is -2.66. The van der Waals surface area contributed by atoms with Crippen molar-refractivity contribution in [2.75, 3.05) is 13.2 Å². The van der Waals surface area contributed by atoms with E-state index in [4.69, 9.17) is 13.3 Å². The number of carbonyl (C=O) groups is 1. The van der Waals surface area contributed by atoms with Gasteiger partial charge in [-0.2, -0.15) is 0 Å². The first-order chi connectivity index (χ1) is 5.54. The van der Waals surface area contributed by atoms with Crippen LogP contribution >= 0.6 is 0 Å². The van der Waals surface area contributed by atoms with Crippen LogP contribution in [0.5, 0.6) is 0 Å². The van der Waals surface area contributed by atoms with Crippen LogP contribution in [0.1, 0.15) is 20.8 Å². The monoisotopic (exact) mass is 192 g/mol. The van der Waals surface area contributed by atoms with Crippen molar-refractivity contribution >= 4 is 14.8 Å². The summed E-state index contributed by atoms with van der Waals surface area (Å²) in [6.45, 7) is 7.73. The summed E-state index contributed by atoms with van der Waals surface area (Å²) in [6, 6.07) is 0. The molecule has 0 atom stereocenters. The second-order valence-corrected chi connectivity index (χ2v) is 4.83. The van der Waals surface area contributed by atoms with Crippen molar-refractivity contribution in [3.8, 4) is 0 Å². The molecule has 0 aromatic heterocycles. The van der Waals surface area contributed by atoms with E-state index in [0.717, 1.165) is 0 Å². The highest BCUT2D eigenvalue weighted by Crippen LogP contribution is 2.08. The van der Waals surface area contributed by atoms with Crippen LogP contribution in [0.4, 0.5) is 0 Å². The van der Waals surface area contributed by atoms with Gasteiger partial charge in [0.2, 0.25) is 0 Å². The Morgan fingerprint density at radius 2 is 1.67 bits per heavy atom. The molecule has 0 fully saturated rings. The van der Waals surface area contributed by atoms with E-state index in [2.05, 4.69) is 0 Å². The topological polar surface area (TPSA) is 44.8 Å². The van der Waals surface area contributed by atoms with Crippen LogP contribution in [0, 0.1) is 0 Å². The highest BCUT2D eigenvalue weighted by Gasteiger charge is 2.37. The van der Waals surface area contributed by atoms with Gasteiger partial charge in [0.25, 0.3) is 5.97 Å². The van der Waals surface area contributed by atoms with E-state index < -0.39 is 8.80 Å². The maximum atomic E-state index is 10.7. The molecule has 0 spiro atoms. The molecule has 0 aromatic carbocycles. The number of hydrogen-bond acceptors (Lipinski definition) is 4. The first-order valence-electron chi connectivity index (χ1n) is 4.01. The van der Waals surface area contributed by atoms with Gasteiger partial charge in [0.15, 0.2) is 0 Å². The van der Waals surface area contributed by atoms with Crippen molar-refractivity contribution in [3.05, 3.63) is 0 Å². The van der Waals surface area contributed by atoms with Crippen LogP contribution in [-0.2, 0) is 18.1 Å². The molecular formula is C7H16O4Si. The second-order valence-electron chi connectivity index (χ2n) is 2.32. The zero-order valence-corrected chi connectivity index (χ0v) is 9.05. The number of rotatable bonds is 5. The zero-order chi connectivity index (χ0) is 9.61. The van der Waals surface area contributed by atoms with Gasteiger partial charge in [-0.05, 0) is 13.8 Å². The van der Waals surface area contributed by atoms with Gasteiger partial charge in [0.1, 0.15) is 0 Å². The van der Waals surface area contributed by atoms with Crippen molar-refractivity contribution in [1.82, 2.24) is 0 Å². The van der Waals surface area contributed by atoms with E-state index in [0.29, 0.717) is 13.2 Å². The molecule has 0 aliphatic rings. The SMILES string of the molecule is CCO[Si](C)(OCC)OC(C)=O. The highest BCUT2D eigenvalue weighted by molar-refractivity contribution is 6.60. The lowest BCUT2D eigenvalue weighted by Crippen LogP contribution is -2.43. The second kappa shape index (κ2) is 5.29. The molecule has 0 heterocycles. The van der Waals surface area contributed by atoms with Crippen molar-refractivity contribution in [3.63, 3.8) is 0 Å². The van der Waals surface area contributed by atoms with Crippen LogP contribution in [0.25, 0.3) is 0 Å². The Morgan fingerprint density at radius 1 is 1.25 bits per heavy atom. The van der Waals surface area contributed by atoms with Crippen molar-refractivity contribution in [2.24, 2.45) is 0 Å². The molecule has 0 aliphatic carbocycles. The average Bonchev–Trinajstić information content (AvgIpc) is 1.85. The number of carbonyl (C=O) groups excluding carboxylic acids is 1. The summed E-state index contributed by atoms with van der Waals surface area (Å²) < 4.78 is 15.5. The summed E-state index contributed by atoms with van der Waals surface area (Å²) in [5.74, 6) is -0.355. The van der Waals surface area contributed by atoms with E-state index in [1.54, 1.807) is 6.55 Å². The smallest absolute Gasteiger partial charge is 0.474 e. The standard InChI is InChI=1S/C7H16O4Si/c1-5-9-12(4,10-6-2)11-7(3)8/h5-6H2,1-4H3. The van der Waals surface area contributed by atoms with Gasteiger partial charge < -0.3 is 13.3 Å². The average molecular weight is 192 g/mol. The Bertz CT molecular complexity index is 142. The van der Waals surface area contributed by atoms with Crippen molar-refractivity contribution < 1.29 is 18.1 Å². The molecule has 0 amide bonds. The molecule has 5 heteroatoms. The fourth-order valence-electron chi connectivity index (χ4n) is 0.886. The van der Waals surface area contributed by atoms with Crippen molar-refractivity contribution in [2.45, 2.75) is 27.3 Å². The van der Waals surface area contributed by atoms with Gasteiger partial charge in [0, 0.05) is 26.7 Å². The quantitative estimate of drug-likeness (QED) is 0.614. The Kier molecular flexibility index (Phi) is 5.11. The highest BCUT2D eigenvalue weighted by atomic mass is 28.4.